The van der Waals surface area contributed by atoms with Crippen LogP contribution in [0.25, 0.3) is 0 Å². The first-order valence-electron chi connectivity index (χ1n) is 5.67. The molecule has 1 unspecified atom stereocenters. The van der Waals surface area contributed by atoms with Gasteiger partial charge in [0.2, 0.25) is 0 Å². The Labute approximate surface area is 94.4 Å². The van der Waals surface area contributed by atoms with Gasteiger partial charge in [-0.05, 0) is 25.3 Å². The van der Waals surface area contributed by atoms with E-state index >= 15 is 0 Å². The zero-order chi connectivity index (χ0) is 12.6. The van der Waals surface area contributed by atoms with Gasteiger partial charge in [0.15, 0.2) is 0 Å². The lowest BCUT2D eigenvalue weighted by molar-refractivity contribution is -0.143. The Morgan fingerprint density at radius 1 is 1.25 bits per heavy atom. The lowest BCUT2D eigenvalue weighted by Crippen LogP contribution is -2.13. The van der Waals surface area contributed by atoms with Crippen molar-refractivity contribution < 1.29 is 18.0 Å². The van der Waals surface area contributed by atoms with E-state index < -0.39 is 12.6 Å². The van der Waals surface area contributed by atoms with Gasteiger partial charge in [0.05, 0.1) is 6.42 Å². The van der Waals surface area contributed by atoms with Crippen molar-refractivity contribution in [3.05, 3.63) is 0 Å². The summed E-state index contributed by atoms with van der Waals surface area (Å²) >= 11 is 0. The van der Waals surface area contributed by atoms with Crippen LogP contribution in [0.3, 0.4) is 0 Å². The van der Waals surface area contributed by atoms with Crippen LogP contribution < -0.4 is 5.73 Å². The van der Waals surface area contributed by atoms with Gasteiger partial charge in [-0.3, -0.25) is 4.79 Å². The van der Waals surface area contributed by atoms with E-state index in [9.17, 15) is 18.0 Å². The second-order valence-electron chi connectivity index (χ2n) is 4.04. The van der Waals surface area contributed by atoms with Crippen molar-refractivity contribution in [3.63, 3.8) is 0 Å². The number of alkyl halides is 3. The van der Waals surface area contributed by atoms with Gasteiger partial charge in [-0.25, -0.2) is 0 Å². The molecule has 0 radical (unpaired) electrons. The summed E-state index contributed by atoms with van der Waals surface area (Å²) in [5, 5.41) is 0. The first kappa shape index (κ1) is 15.4. The summed E-state index contributed by atoms with van der Waals surface area (Å²) in [6.45, 7) is 2.57. The number of carbonyl (C=O) groups excluding carboxylic acids is 1. The molecular weight excluding hydrogens is 219 g/mol. The van der Waals surface area contributed by atoms with Crippen molar-refractivity contribution in [3.8, 4) is 0 Å². The Morgan fingerprint density at radius 3 is 2.31 bits per heavy atom. The van der Waals surface area contributed by atoms with Crippen LogP contribution in [0, 0.1) is 5.92 Å². The number of nitrogens with two attached hydrogens (primary N) is 1. The molecule has 0 aliphatic rings. The molecule has 0 rings (SSSR count). The third kappa shape index (κ3) is 8.71. The summed E-state index contributed by atoms with van der Waals surface area (Å²) < 4.78 is 35.5. The summed E-state index contributed by atoms with van der Waals surface area (Å²) in [6, 6.07) is 0. The minimum absolute atomic E-state index is 0.245. The van der Waals surface area contributed by atoms with Crippen LogP contribution in [0.15, 0.2) is 0 Å². The topological polar surface area (TPSA) is 43.1 Å². The highest BCUT2D eigenvalue weighted by Gasteiger charge is 2.27. The summed E-state index contributed by atoms with van der Waals surface area (Å²) in [6.07, 6.45) is -2.95. The molecule has 2 N–H and O–H groups in total. The van der Waals surface area contributed by atoms with Gasteiger partial charge in [-0.1, -0.05) is 13.3 Å². The van der Waals surface area contributed by atoms with Gasteiger partial charge in [0.25, 0.3) is 0 Å². The van der Waals surface area contributed by atoms with Crippen LogP contribution in [-0.2, 0) is 4.79 Å². The molecule has 0 spiro atoms. The lowest BCUT2D eigenvalue weighted by Gasteiger charge is -2.12. The molecule has 5 heteroatoms. The van der Waals surface area contributed by atoms with Crippen LogP contribution in [0.1, 0.15) is 45.4 Å². The fourth-order valence-electron chi connectivity index (χ4n) is 1.56. The number of rotatable bonds is 8. The largest absolute Gasteiger partial charge is 0.389 e. The quantitative estimate of drug-likeness (QED) is 0.707. The van der Waals surface area contributed by atoms with E-state index in [2.05, 4.69) is 0 Å². The molecule has 0 fully saturated rings. The minimum atomic E-state index is -4.23. The average molecular weight is 239 g/mol. The highest BCUT2D eigenvalue weighted by molar-refractivity contribution is 5.78. The predicted molar refractivity (Wildman–Crippen MR) is 57.0 cm³/mol. The Kier molecular flexibility index (Phi) is 7.38. The first-order valence-corrected chi connectivity index (χ1v) is 5.67. The van der Waals surface area contributed by atoms with Gasteiger partial charge < -0.3 is 5.73 Å². The molecule has 0 aromatic carbocycles. The Bertz CT molecular complexity index is 204. The Balaban J connectivity index is 3.71. The van der Waals surface area contributed by atoms with E-state index in [4.69, 9.17) is 5.73 Å². The van der Waals surface area contributed by atoms with E-state index in [0.717, 1.165) is 12.8 Å². The van der Waals surface area contributed by atoms with E-state index in [0.29, 0.717) is 18.9 Å². The highest BCUT2D eigenvalue weighted by atomic mass is 19.4. The minimum Gasteiger partial charge on any atom is -0.330 e. The lowest BCUT2D eigenvalue weighted by atomic mass is 9.94. The molecule has 2 nitrogen and oxygen atoms in total. The Hall–Kier alpha value is -0.580. The van der Waals surface area contributed by atoms with Crippen molar-refractivity contribution in [1.82, 2.24) is 0 Å². The monoisotopic (exact) mass is 239 g/mol. The van der Waals surface area contributed by atoms with Crippen molar-refractivity contribution in [1.29, 1.82) is 0 Å². The van der Waals surface area contributed by atoms with Gasteiger partial charge in [0, 0.05) is 12.8 Å². The summed E-state index contributed by atoms with van der Waals surface area (Å²) in [5.41, 5.74) is 5.39. The van der Waals surface area contributed by atoms with Gasteiger partial charge in [-0.2, -0.15) is 13.2 Å². The van der Waals surface area contributed by atoms with Gasteiger partial charge in [0.1, 0.15) is 5.78 Å². The Morgan fingerprint density at radius 2 is 1.88 bits per heavy atom. The fourth-order valence-corrected chi connectivity index (χ4v) is 1.56. The maximum Gasteiger partial charge on any atom is 0.389 e. The normalized spacial score (nSPS) is 13.8. The summed E-state index contributed by atoms with van der Waals surface area (Å²) in [5.74, 6) is 0.0626. The number of hydrogen-bond acceptors (Lipinski definition) is 2. The molecule has 0 aliphatic heterocycles. The van der Waals surface area contributed by atoms with Crippen molar-refractivity contribution in [2.45, 2.75) is 51.6 Å². The van der Waals surface area contributed by atoms with Gasteiger partial charge in [-0.15, -0.1) is 0 Å². The predicted octanol–water partition coefficient (Wildman–Crippen LogP) is 3.05. The van der Waals surface area contributed by atoms with Crippen LogP contribution in [-0.4, -0.2) is 18.5 Å². The number of Topliss-reactive ketones (excluding diaryl/α,β-unsaturated/α-hetero) is 1. The molecule has 0 saturated heterocycles. The first-order chi connectivity index (χ1) is 7.39. The van der Waals surface area contributed by atoms with Gasteiger partial charge >= 0.3 is 6.18 Å². The van der Waals surface area contributed by atoms with E-state index in [1.165, 1.54) is 0 Å². The second kappa shape index (κ2) is 7.65. The maximum absolute atomic E-state index is 11.8. The molecule has 0 aromatic heterocycles. The summed E-state index contributed by atoms with van der Waals surface area (Å²) in [4.78, 5) is 11.2. The van der Waals surface area contributed by atoms with Crippen LogP contribution in [0.4, 0.5) is 13.2 Å². The molecule has 96 valence electrons. The van der Waals surface area contributed by atoms with Crippen molar-refractivity contribution >= 4 is 5.78 Å². The standard InChI is InChI=1S/C11H20F3NO/c1-2-9(6-8-15)3-4-10(16)5-7-11(12,13)14/h9H,2-8,15H2,1H3. The molecule has 0 bridgehead atoms. The summed E-state index contributed by atoms with van der Waals surface area (Å²) in [7, 11) is 0. The zero-order valence-electron chi connectivity index (χ0n) is 9.65. The average Bonchev–Trinajstić information content (AvgIpc) is 2.20. The molecule has 0 aromatic rings. The number of hydrogen-bond donors (Lipinski definition) is 1. The third-order valence-electron chi connectivity index (χ3n) is 2.67. The number of carbonyl (C=O) groups is 1. The van der Waals surface area contributed by atoms with Crippen molar-refractivity contribution in [2.75, 3.05) is 6.54 Å². The molecule has 0 saturated carbocycles. The number of ketones is 1. The molecule has 1 atom stereocenters. The fraction of sp³-hybridized carbons (Fsp3) is 0.909. The van der Waals surface area contributed by atoms with E-state index in [1.54, 1.807) is 0 Å². The smallest absolute Gasteiger partial charge is 0.330 e. The molecular formula is C11H20F3NO. The van der Waals surface area contributed by atoms with Crippen LogP contribution in [0.2, 0.25) is 0 Å². The SMILES string of the molecule is CCC(CCN)CCC(=O)CCC(F)(F)F. The van der Waals surface area contributed by atoms with Crippen LogP contribution in [0.5, 0.6) is 0 Å². The molecule has 0 aliphatic carbocycles. The number of halogens is 3. The van der Waals surface area contributed by atoms with E-state index in [-0.39, 0.29) is 18.6 Å². The molecule has 16 heavy (non-hydrogen) atoms. The zero-order valence-corrected chi connectivity index (χ0v) is 9.65. The second-order valence-corrected chi connectivity index (χ2v) is 4.04. The van der Waals surface area contributed by atoms with Crippen LogP contribution >= 0.6 is 0 Å². The molecule has 0 amide bonds. The molecule has 0 heterocycles. The highest BCUT2D eigenvalue weighted by Crippen LogP contribution is 2.23. The third-order valence-corrected chi connectivity index (χ3v) is 2.67. The van der Waals surface area contributed by atoms with Crippen molar-refractivity contribution in [2.24, 2.45) is 11.7 Å². The maximum atomic E-state index is 11.8. The van der Waals surface area contributed by atoms with E-state index in [1.807, 2.05) is 6.92 Å².